The molecule has 0 spiro atoms. The molecule has 1 rings (SSSR count). The van der Waals surface area contributed by atoms with Crippen molar-refractivity contribution in [2.75, 3.05) is 13.2 Å². The Kier molecular flexibility index (Phi) is 6.36. The van der Waals surface area contributed by atoms with Gasteiger partial charge in [0, 0.05) is 24.7 Å². The largest absolute Gasteiger partial charge is 0.396 e. The van der Waals surface area contributed by atoms with Gasteiger partial charge in [-0.25, -0.2) is 0 Å². The highest BCUT2D eigenvalue weighted by Crippen LogP contribution is 2.23. The number of thiocarbonyl (C=S) groups is 1. The summed E-state index contributed by atoms with van der Waals surface area (Å²) in [5.74, 6) is 0. The van der Waals surface area contributed by atoms with E-state index in [1.54, 1.807) is 0 Å². The second kappa shape index (κ2) is 7.29. The number of hydrogen-bond acceptors (Lipinski definition) is 2. The molecule has 106 valence electrons. The molecule has 1 fully saturated rings. The lowest BCUT2D eigenvalue weighted by atomic mass is 9.94. The first-order chi connectivity index (χ1) is 8.44. The number of aliphatic hydroxyl groups excluding tert-OH is 1. The highest BCUT2D eigenvalue weighted by atomic mass is 32.1. The Bertz CT molecular complexity index is 257. The number of nitrogens with one attached hydrogen (secondary N) is 1. The number of nitrogens with zero attached hydrogens (tertiary/aromatic N) is 1. The van der Waals surface area contributed by atoms with E-state index in [0.717, 1.165) is 18.1 Å². The van der Waals surface area contributed by atoms with E-state index in [1.165, 1.54) is 32.1 Å². The van der Waals surface area contributed by atoms with E-state index in [0.29, 0.717) is 6.04 Å². The molecule has 0 radical (unpaired) electrons. The third-order valence-electron chi connectivity index (χ3n) is 3.32. The van der Waals surface area contributed by atoms with Gasteiger partial charge >= 0.3 is 0 Å². The van der Waals surface area contributed by atoms with Gasteiger partial charge in [-0.2, -0.15) is 0 Å². The smallest absolute Gasteiger partial charge is 0.169 e. The highest BCUT2D eigenvalue weighted by molar-refractivity contribution is 7.80. The average molecular weight is 272 g/mol. The Hall–Kier alpha value is -0.350. The van der Waals surface area contributed by atoms with Crippen LogP contribution >= 0.6 is 12.2 Å². The van der Waals surface area contributed by atoms with Gasteiger partial charge in [0.15, 0.2) is 5.11 Å². The van der Waals surface area contributed by atoms with Gasteiger partial charge in [0.05, 0.1) is 0 Å². The lowest BCUT2D eigenvalue weighted by molar-refractivity contribution is 0.209. The monoisotopic (exact) mass is 272 g/mol. The molecular formula is C14H28N2OS. The van der Waals surface area contributed by atoms with Crippen molar-refractivity contribution in [3.8, 4) is 0 Å². The summed E-state index contributed by atoms with van der Waals surface area (Å²) in [4.78, 5) is 2.30. The third kappa shape index (κ3) is 5.53. The maximum atomic E-state index is 9.04. The molecule has 0 atom stereocenters. The summed E-state index contributed by atoms with van der Waals surface area (Å²) < 4.78 is 0. The quantitative estimate of drug-likeness (QED) is 0.771. The first-order valence-corrected chi connectivity index (χ1v) is 7.54. The lowest BCUT2D eigenvalue weighted by Gasteiger charge is -2.38. The molecule has 0 aromatic carbocycles. The highest BCUT2D eigenvalue weighted by Gasteiger charge is 2.24. The van der Waals surface area contributed by atoms with Crippen molar-refractivity contribution in [1.82, 2.24) is 10.2 Å². The molecule has 0 amide bonds. The standard InChI is InChI=1S/C14H28N2OS/c1-14(2,3)15-13(18)16(10-7-11-17)12-8-5-4-6-9-12/h12,17H,4-11H2,1-3H3,(H,15,18). The fraction of sp³-hybridized carbons (Fsp3) is 0.929. The number of rotatable bonds is 4. The average Bonchev–Trinajstić information content (AvgIpc) is 2.28. The van der Waals surface area contributed by atoms with Crippen LogP contribution < -0.4 is 5.32 Å². The van der Waals surface area contributed by atoms with E-state index in [4.69, 9.17) is 17.3 Å². The number of aliphatic hydroxyl groups is 1. The van der Waals surface area contributed by atoms with Crippen LogP contribution in [0, 0.1) is 0 Å². The van der Waals surface area contributed by atoms with Crippen LogP contribution in [0.3, 0.4) is 0 Å². The van der Waals surface area contributed by atoms with E-state index in [2.05, 4.69) is 31.0 Å². The van der Waals surface area contributed by atoms with Crippen molar-refractivity contribution >= 4 is 17.3 Å². The molecule has 18 heavy (non-hydrogen) atoms. The van der Waals surface area contributed by atoms with E-state index < -0.39 is 0 Å². The topological polar surface area (TPSA) is 35.5 Å². The van der Waals surface area contributed by atoms with Gasteiger partial charge < -0.3 is 15.3 Å². The Morgan fingerprint density at radius 3 is 2.39 bits per heavy atom. The van der Waals surface area contributed by atoms with Gasteiger partial charge in [-0.05, 0) is 52.3 Å². The second-order valence-corrected chi connectivity index (χ2v) is 6.63. The van der Waals surface area contributed by atoms with Crippen molar-refractivity contribution in [3.63, 3.8) is 0 Å². The SMILES string of the molecule is CC(C)(C)NC(=S)N(CCCO)C1CCCCC1. The number of hydrogen-bond donors (Lipinski definition) is 2. The summed E-state index contributed by atoms with van der Waals surface area (Å²) in [6.07, 6.45) is 7.22. The zero-order valence-electron chi connectivity index (χ0n) is 12.0. The van der Waals surface area contributed by atoms with E-state index in [-0.39, 0.29) is 12.1 Å². The molecule has 0 aromatic rings. The third-order valence-corrected chi connectivity index (χ3v) is 3.65. The molecule has 0 aromatic heterocycles. The molecule has 0 aliphatic heterocycles. The molecule has 0 heterocycles. The van der Waals surface area contributed by atoms with Crippen molar-refractivity contribution in [1.29, 1.82) is 0 Å². The van der Waals surface area contributed by atoms with Crippen molar-refractivity contribution < 1.29 is 5.11 Å². The van der Waals surface area contributed by atoms with Crippen LogP contribution in [0.5, 0.6) is 0 Å². The van der Waals surface area contributed by atoms with E-state index in [1.807, 2.05) is 0 Å². The van der Waals surface area contributed by atoms with E-state index in [9.17, 15) is 0 Å². The van der Waals surface area contributed by atoms with Gasteiger partial charge in [0.25, 0.3) is 0 Å². The minimum absolute atomic E-state index is 0.00319. The minimum Gasteiger partial charge on any atom is -0.396 e. The maximum absolute atomic E-state index is 9.04. The van der Waals surface area contributed by atoms with E-state index >= 15 is 0 Å². The van der Waals surface area contributed by atoms with Crippen LogP contribution in [0.4, 0.5) is 0 Å². The summed E-state index contributed by atoms with van der Waals surface area (Å²) in [6, 6.07) is 0.563. The van der Waals surface area contributed by atoms with Gasteiger partial charge in [-0.15, -0.1) is 0 Å². The van der Waals surface area contributed by atoms with Crippen LogP contribution in [0.25, 0.3) is 0 Å². The van der Waals surface area contributed by atoms with Gasteiger partial charge in [0.1, 0.15) is 0 Å². The normalized spacial score (nSPS) is 17.6. The van der Waals surface area contributed by atoms with Crippen LogP contribution in [-0.2, 0) is 0 Å². The van der Waals surface area contributed by atoms with Gasteiger partial charge in [-0.3, -0.25) is 0 Å². The second-order valence-electron chi connectivity index (χ2n) is 6.24. The molecule has 0 saturated heterocycles. The Morgan fingerprint density at radius 2 is 1.89 bits per heavy atom. The zero-order valence-corrected chi connectivity index (χ0v) is 12.9. The first-order valence-electron chi connectivity index (χ1n) is 7.13. The molecule has 0 unspecified atom stereocenters. The first kappa shape index (κ1) is 15.7. The Labute approximate surface area is 117 Å². The lowest BCUT2D eigenvalue weighted by Crippen LogP contribution is -2.52. The van der Waals surface area contributed by atoms with Crippen LogP contribution in [0.15, 0.2) is 0 Å². The minimum atomic E-state index is 0.00319. The van der Waals surface area contributed by atoms with Crippen LogP contribution in [0.2, 0.25) is 0 Å². The summed E-state index contributed by atoms with van der Waals surface area (Å²) >= 11 is 5.55. The summed E-state index contributed by atoms with van der Waals surface area (Å²) in [7, 11) is 0. The van der Waals surface area contributed by atoms with Crippen molar-refractivity contribution in [2.24, 2.45) is 0 Å². The predicted octanol–water partition coefficient (Wildman–Crippen LogP) is 2.68. The van der Waals surface area contributed by atoms with Gasteiger partial charge in [0.2, 0.25) is 0 Å². The molecule has 1 aliphatic rings. The van der Waals surface area contributed by atoms with Crippen LogP contribution in [-0.4, -0.2) is 39.9 Å². The Morgan fingerprint density at radius 1 is 1.28 bits per heavy atom. The van der Waals surface area contributed by atoms with Crippen LogP contribution in [0.1, 0.15) is 59.3 Å². The summed E-state index contributed by atoms with van der Waals surface area (Å²) in [5.41, 5.74) is 0.00319. The molecule has 4 heteroatoms. The fourth-order valence-corrected chi connectivity index (χ4v) is 3.02. The van der Waals surface area contributed by atoms with Gasteiger partial charge in [-0.1, -0.05) is 19.3 Å². The van der Waals surface area contributed by atoms with Crippen molar-refractivity contribution in [2.45, 2.75) is 70.9 Å². The fourth-order valence-electron chi connectivity index (χ4n) is 2.48. The predicted molar refractivity (Wildman–Crippen MR) is 80.8 cm³/mol. The Balaban J connectivity index is 2.60. The zero-order chi connectivity index (χ0) is 13.6. The van der Waals surface area contributed by atoms with Crippen molar-refractivity contribution in [3.05, 3.63) is 0 Å². The maximum Gasteiger partial charge on any atom is 0.169 e. The molecule has 3 nitrogen and oxygen atoms in total. The molecule has 1 saturated carbocycles. The summed E-state index contributed by atoms with van der Waals surface area (Å²) in [6.45, 7) is 7.49. The molecule has 2 N–H and O–H groups in total. The molecular weight excluding hydrogens is 244 g/mol. The molecule has 1 aliphatic carbocycles. The summed E-state index contributed by atoms with van der Waals surface area (Å²) in [5, 5.41) is 13.3. The molecule has 0 bridgehead atoms.